The van der Waals surface area contributed by atoms with Crippen molar-refractivity contribution in [3.8, 4) is 11.3 Å². The molecule has 0 aliphatic rings. The van der Waals surface area contributed by atoms with Gasteiger partial charge in [-0.25, -0.2) is 0 Å². The molecule has 0 fully saturated rings. The Bertz CT molecular complexity index is 848. The van der Waals surface area contributed by atoms with Gasteiger partial charge in [0.25, 0.3) is 5.91 Å². The van der Waals surface area contributed by atoms with Gasteiger partial charge in [0, 0.05) is 24.0 Å². The fourth-order valence-electron chi connectivity index (χ4n) is 2.65. The second-order valence-electron chi connectivity index (χ2n) is 6.31. The lowest BCUT2D eigenvalue weighted by atomic mass is 10.0. The van der Waals surface area contributed by atoms with Gasteiger partial charge in [-0.3, -0.25) is 4.79 Å². The van der Waals surface area contributed by atoms with Crippen molar-refractivity contribution in [2.24, 2.45) is 11.7 Å². The number of rotatable bonds is 5. The van der Waals surface area contributed by atoms with Crippen molar-refractivity contribution in [1.29, 1.82) is 0 Å². The van der Waals surface area contributed by atoms with Gasteiger partial charge in [0.2, 0.25) is 0 Å². The number of para-hydroxylation sites is 1. The van der Waals surface area contributed by atoms with Crippen molar-refractivity contribution in [1.82, 2.24) is 5.32 Å². The van der Waals surface area contributed by atoms with Crippen LogP contribution in [0, 0.1) is 5.92 Å². The molecule has 0 atom stereocenters. The number of fused-ring (bicyclic) bond motifs is 1. The maximum absolute atomic E-state index is 12.8. The molecule has 0 aliphatic heterocycles. The zero-order valence-electron chi connectivity index (χ0n) is 14.0. The molecule has 1 heterocycles. The smallest absolute Gasteiger partial charge is 0.255 e. The van der Waals surface area contributed by atoms with Gasteiger partial charge in [-0.15, -0.1) is 0 Å². The van der Waals surface area contributed by atoms with Gasteiger partial charge in [0.15, 0.2) is 0 Å². The van der Waals surface area contributed by atoms with E-state index in [0.717, 1.165) is 16.5 Å². The summed E-state index contributed by atoms with van der Waals surface area (Å²) in [4.78, 5) is 12.8. The first-order chi connectivity index (χ1) is 11.6. The molecule has 1 amide bonds. The summed E-state index contributed by atoms with van der Waals surface area (Å²) < 4.78 is 5.99. The Balaban J connectivity index is 2.08. The summed E-state index contributed by atoms with van der Waals surface area (Å²) >= 11 is 0. The summed E-state index contributed by atoms with van der Waals surface area (Å²) in [6.07, 6.45) is 0. The molecule has 0 aliphatic carbocycles. The molecule has 2 aromatic carbocycles. The zero-order chi connectivity index (χ0) is 17.1. The van der Waals surface area contributed by atoms with Crippen molar-refractivity contribution in [2.75, 3.05) is 6.54 Å². The first-order valence-corrected chi connectivity index (χ1v) is 8.19. The molecule has 0 saturated carbocycles. The van der Waals surface area contributed by atoms with E-state index in [4.69, 9.17) is 10.2 Å². The van der Waals surface area contributed by atoms with Gasteiger partial charge in [0.05, 0.1) is 5.56 Å². The van der Waals surface area contributed by atoms with E-state index in [9.17, 15) is 4.79 Å². The second kappa shape index (κ2) is 6.89. The van der Waals surface area contributed by atoms with Crippen LogP contribution in [0.4, 0.5) is 0 Å². The summed E-state index contributed by atoms with van der Waals surface area (Å²) in [6, 6.07) is 15.4. The first-order valence-electron chi connectivity index (χ1n) is 8.19. The molecular formula is C20H22N2O2. The third-order valence-corrected chi connectivity index (χ3v) is 3.95. The van der Waals surface area contributed by atoms with Crippen LogP contribution in [-0.4, -0.2) is 12.5 Å². The van der Waals surface area contributed by atoms with Crippen LogP contribution < -0.4 is 11.1 Å². The van der Waals surface area contributed by atoms with Crippen LogP contribution >= 0.6 is 0 Å². The minimum absolute atomic E-state index is 0.105. The molecule has 3 rings (SSSR count). The summed E-state index contributed by atoms with van der Waals surface area (Å²) in [7, 11) is 0. The van der Waals surface area contributed by atoms with Crippen molar-refractivity contribution in [3.63, 3.8) is 0 Å². The maximum Gasteiger partial charge on any atom is 0.255 e. The number of nitrogens with two attached hydrogens (primary N) is 1. The molecule has 124 valence electrons. The monoisotopic (exact) mass is 322 g/mol. The lowest BCUT2D eigenvalue weighted by Gasteiger charge is -2.08. The number of hydrogen-bond acceptors (Lipinski definition) is 3. The number of amides is 1. The molecule has 1 aromatic heterocycles. The molecule has 3 N–H and O–H groups in total. The predicted octanol–water partition coefficient (Wildman–Crippen LogP) is 3.94. The lowest BCUT2D eigenvalue weighted by molar-refractivity contribution is 0.0950. The minimum atomic E-state index is -0.105. The highest BCUT2D eigenvalue weighted by Gasteiger charge is 2.21. The van der Waals surface area contributed by atoms with E-state index in [-0.39, 0.29) is 5.91 Å². The van der Waals surface area contributed by atoms with Gasteiger partial charge in [-0.05, 0) is 17.5 Å². The highest BCUT2D eigenvalue weighted by atomic mass is 16.3. The zero-order valence-corrected chi connectivity index (χ0v) is 14.0. The van der Waals surface area contributed by atoms with Crippen molar-refractivity contribution < 1.29 is 9.21 Å². The van der Waals surface area contributed by atoms with Crippen LogP contribution in [-0.2, 0) is 6.54 Å². The summed E-state index contributed by atoms with van der Waals surface area (Å²) in [5, 5.41) is 3.82. The summed E-state index contributed by atoms with van der Waals surface area (Å²) in [5.74, 6) is 0.881. The Kier molecular flexibility index (Phi) is 4.67. The van der Waals surface area contributed by atoms with E-state index in [0.29, 0.717) is 35.9 Å². The Labute approximate surface area is 141 Å². The van der Waals surface area contributed by atoms with Crippen LogP contribution in [0.5, 0.6) is 0 Å². The number of nitrogens with one attached hydrogen (secondary N) is 1. The molecule has 0 spiro atoms. The molecule has 0 saturated heterocycles. The maximum atomic E-state index is 12.8. The largest absolute Gasteiger partial charge is 0.455 e. The standard InChI is InChI=1S/C20H22N2O2/c1-13(2)12-22-20(23)18-16-5-3-4-6-17(16)24-19(18)15-9-7-14(11-21)8-10-15/h3-10,13H,11-12,21H2,1-2H3,(H,22,23). The van der Waals surface area contributed by atoms with Gasteiger partial charge >= 0.3 is 0 Å². The Morgan fingerprint density at radius 1 is 1.12 bits per heavy atom. The molecule has 0 radical (unpaired) electrons. The predicted molar refractivity (Wildman–Crippen MR) is 96.7 cm³/mol. The molecule has 0 unspecified atom stereocenters. The Morgan fingerprint density at radius 3 is 2.50 bits per heavy atom. The van der Waals surface area contributed by atoms with Crippen molar-refractivity contribution in [3.05, 3.63) is 59.7 Å². The van der Waals surface area contributed by atoms with E-state index in [1.165, 1.54) is 0 Å². The summed E-state index contributed by atoms with van der Waals surface area (Å²) in [5.41, 5.74) is 8.88. The third-order valence-electron chi connectivity index (χ3n) is 3.95. The van der Waals surface area contributed by atoms with Crippen molar-refractivity contribution >= 4 is 16.9 Å². The fraction of sp³-hybridized carbons (Fsp3) is 0.250. The average Bonchev–Trinajstić information content (AvgIpc) is 2.99. The quantitative estimate of drug-likeness (QED) is 0.747. The highest BCUT2D eigenvalue weighted by molar-refractivity contribution is 6.11. The van der Waals surface area contributed by atoms with Crippen LogP contribution in [0.3, 0.4) is 0 Å². The molecule has 0 bridgehead atoms. The normalized spacial score (nSPS) is 11.2. The van der Waals surface area contributed by atoms with Crippen LogP contribution in [0.25, 0.3) is 22.3 Å². The van der Waals surface area contributed by atoms with E-state index in [1.807, 2.05) is 48.5 Å². The molecular weight excluding hydrogens is 300 g/mol. The van der Waals surface area contributed by atoms with E-state index >= 15 is 0 Å². The van der Waals surface area contributed by atoms with Crippen LogP contribution in [0.15, 0.2) is 52.9 Å². The number of benzene rings is 2. The Hall–Kier alpha value is -2.59. The number of carbonyl (C=O) groups excluding carboxylic acids is 1. The SMILES string of the molecule is CC(C)CNC(=O)c1c(-c2ccc(CN)cc2)oc2ccccc12. The van der Waals surface area contributed by atoms with E-state index < -0.39 is 0 Å². The Morgan fingerprint density at radius 2 is 1.83 bits per heavy atom. The lowest BCUT2D eigenvalue weighted by Crippen LogP contribution is -2.27. The van der Waals surface area contributed by atoms with Crippen LogP contribution in [0.2, 0.25) is 0 Å². The summed E-state index contributed by atoms with van der Waals surface area (Å²) in [6.45, 7) is 5.26. The van der Waals surface area contributed by atoms with Gasteiger partial charge in [-0.2, -0.15) is 0 Å². The third kappa shape index (κ3) is 3.19. The second-order valence-corrected chi connectivity index (χ2v) is 6.31. The van der Waals surface area contributed by atoms with Gasteiger partial charge in [-0.1, -0.05) is 56.3 Å². The van der Waals surface area contributed by atoms with Crippen molar-refractivity contribution in [2.45, 2.75) is 20.4 Å². The first kappa shape index (κ1) is 16.3. The van der Waals surface area contributed by atoms with Gasteiger partial charge in [0.1, 0.15) is 11.3 Å². The van der Waals surface area contributed by atoms with Gasteiger partial charge < -0.3 is 15.5 Å². The topological polar surface area (TPSA) is 68.3 Å². The fourth-order valence-corrected chi connectivity index (χ4v) is 2.65. The number of carbonyl (C=O) groups is 1. The van der Waals surface area contributed by atoms with E-state index in [1.54, 1.807) is 0 Å². The molecule has 4 heteroatoms. The van der Waals surface area contributed by atoms with Crippen LogP contribution in [0.1, 0.15) is 29.8 Å². The molecule has 3 aromatic rings. The number of furan rings is 1. The number of hydrogen-bond donors (Lipinski definition) is 2. The molecule has 4 nitrogen and oxygen atoms in total. The average molecular weight is 322 g/mol. The highest BCUT2D eigenvalue weighted by Crippen LogP contribution is 2.33. The minimum Gasteiger partial charge on any atom is -0.455 e. The van der Waals surface area contributed by atoms with E-state index in [2.05, 4.69) is 19.2 Å². The molecule has 24 heavy (non-hydrogen) atoms.